The van der Waals surface area contributed by atoms with Crippen LogP contribution in [0, 0.1) is 0 Å². The lowest BCUT2D eigenvalue weighted by Gasteiger charge is -2.06. The molecular weight excluding hydrogens is 216 g/mol. The van der Waals surface area contributed by atoms with Crippen LogP contribution in [0.4, 0.5) is 5.69 Å². The maximum atomic E-state index is 11.7. The van der Waals surface area contributed by atoms with E-state index in [9.17, 15) is 8.42 Å². The molecule has 0 aliphatic rings. The summed E-state index contributed by atoms with van der Waals surface area (Å²) in [5.41, 5.74) is 5.70. The van der Waals surface area contributed by atoms with Crippen LogP contribution in [0.15, 0.2) is 23.4 Å². The average Bonchev–Trinajstić information content (AvgIpc) is 2.18. The lowest BCUT2D eigenvalue weighted by molar-refractivity contribution is 0.163. The molecule has 1 heterocycles. The number of rotatable bonds is 5. The lowest BCUT2D eigenvalue weighted by atomic mass is 10.4. The van der Waals surface area contributed by atoms with E-state index >= 15 is 0 Å². The van der Waals surface area contributed by atoms with Crippen LogP contribution in [-0.4, -0.2) is 32.4 Å². The zero-order chi connectivity index (χ0) is 11.3. The van der Waals surface area contributed by atoms with Crippen molar-refractivity contribution >= 4 is 15.5 Å². The van der Waals surface area contributed by atoms with E-state index in [0.29, 0.717) is 6.61 Å². The highest BCUT2D eigenvalue weighted by molar-refractivity contribution is 7.91. The first-order chi connectivity index (χ1) is 7.08. The molecule has 0 unspecified atom stereocenters. The molecule has 84 valence electrons. The van der Waals surface area contributed by atoms with Crippen molar-refractivity contribution in [2.75, 3.05) is 24.7 Å². The summed E-state index contributed by atoms with van der Waals surface area (Å²) >= 11 is 0. The monoisotopic (exact) mass is 230 g/mol. The maximum Gasteiger partial charge on any atom is 0.182 e. The second-order valence-electron chi connectivity index (χ2n) is 2.93. The van der Waals surface area contributed by atoms with E-state index in [1.165, 1.54) is 18.5 Å². The van der Waals surface area contributed by atoms with E-state index in [-0.39, 0.29) is 22.9 Å². The molecular formula is C9H14N2O3S. The summed E-state index contributed by atoms with van der Waals surface area (Å²) in [7, 11) is -3.35. The maximum absolute atomic E-state index is 11.7. The number of ether oxygens (including phenoxy) is 1. The van der Waals surface area contributed by atoms with Gasteiger partial charge in [-0.3, -0.25) is 4.98 Å². The fraction of sp³-hybridized carbons (Fsp3) is 0.444. The molecule has 0 radical (unpaired) electrons. The third-order valence-electron chi connectivity index (χ3n) is 1.85. The van der Waals surface area contributed by atoms with Gasteiger partial charge in [-0.15, -0.1) is 0 Å². The molecule has 1 aromatic heterocycles. The van der Waals surface area contributed by atoms with Crippen LogP contribution in [0.3, 0.4) is 0 Å². The summed E-state index contributed by atoms with van der Waals surface area (Å²) in [6, 6.07) is 1.40. The number of nitrogen functional groups attached to an aromatic ring is 1. The summed E-state index contributed by atoms with van der Waals surface area (Å²) in [6.45, 7) is 2.50. The van der Waals surface area contributed by atoms with E-state index < -0.39 is 9.84 Å². The Hall–Kier alpha value is -1.14. The zero-order valence-electron chi connectivity index (χ0n) is 8.51. The summed E-state index contributed by atoms with van der Waals surface area (Å²) in [4.78, 5) is 3.86. The molecule has 1 aromatic rings. The van der Waals surface area contributed by atoms with Crippen LogP contribution in [0.1, 0.15) is 6.92 Å². The summed E-state index contributed by atoms with van der Waals surface area (Å²) in [5.74, 6) is -0.0605. The van der Waals surface area contributed by atoms with Crippen LogP contribution in [0.25, 0.3) is 0 Å². The Morgan fingerprint density at radius 3 is 2.87 bits per heavy atom. The highest BCUT2D eigenvalue weighted by Gasteiger charge is 2.16. The third kappa shape index (κ3) is 3.17. The molecule has 0 fully saturated rings. The van der Waals surface area contributed by atoms with E-state index in [0.717, 1.165) is 0 Å². The van der Waals surface area contributed by atoms with Crippen molar-refractivity contribution in [1.82, 2.24) is 4.98 Å². The smallest absolute Gasteiger partial charge is 0.182 e. The normalized spacial score (nSPS) is 11.5. The van der Waals surface area contributed by atoms with Crippen molar-refractivity contribution in [1.29, 1.82) is 0 Å². The Morgan fingerprint density at radius 1 is 1.53 bits per heavy atom. The Kier molecular flexibility index (Phi) is 4.05. The predicted octanol–water partition coefficient (Wildman–Crippen LogP) is 0.474. The van der Waals surface area contributed by atoms with E-state index in [1.807, 2.05) is 6.92 Å². The second-order valence-corrected chi connectivity index (χ2v) is 5.01. The van der Waals surface area contributed by atoms with Gasteiger partial charge in [0.15, 0.2) is 9.84 Å². The molecule has 15 heavy (non-hydrogen) atoms. The molecule has 0 saturated carbocycles. The number of sulfone groups is 1. The van der Waals surface area contributed by atoms with Crippen LogP contribution < -0.4 is 5.73 Å². The van der Waals surface area contributed by atoms with Gasteiger partial charge in [-0.25, -0.2) is 8.42 Å². The Labute approximate surface area is 89.2 Å². The number of aromatic nitrogens is 1. The Morgan fingerprint density at radius 2 is 2.27 bits per heavy atom. The minimum atomic E-state index is -3.35. The number of anilines is 1. The zero-order valence-corrected chi connectivity index (χ0v) is 9.33. The predicted molar refractivity (Wildman–Crippen MR) is 57.2 cm³/mol. The van der Waals surface area contributed by atoms with Crippen molar-refractivity contribution in [3.63, 3.8) is 0 Å². The van der Waals surface area contributed by atoms with Gasteiger partial charge in [0.25, 0.3) is 0 Å². The number of nitrogens with zero attached hydrogens (tertiary/aromatic N) is 1. The van der Waals surface area contributed by atoms with Gasteiger partial charge in [0, 0.05) is 12.8 Å². The van der Waals surface area contributed by atoms with Crippen molar-refractivity contribution in [2.24, 2.45) is 0 Å². The number of hydrogen-bond donors (Lipinski definition) is 1. The Balaban J connectivity index is 2.83. The molecule has 2 N–H and O–H groups in total. The van der Waals surface area contributed by atoms with Crippen molar-refractivity contribution in [3.05, 3.63) is 18.5 Å². The summed E-state index contributed by atoms with van der Waals surface area (Å²) < 4.78 is 28.5. The van der Waals surface area contributed by atoms with Gasteiger partial charge in [-0.2, -0.15) is 0 Å². The summed E-state index contributed by atoms with van der Waals surface area (Å²) in [5, 5.41) is 0. The molecule has 5 nitrogen and oxygen atoms in total. The minimum Gasteiger partial charge on any atom is -0.396 e. The first kappa shape index (κ1) is 11.9. The quantitative estimate of drug-likeness (QED) is 0.744. The topological polar surface area (TPSA) is 82.3 Å². The molecule has 1 rings (SSSR count). The highest BCUT2D eigenvalue weighted by Crippen LogP contribution is 2.17. The van der Waals surface area contributed by atoms with Crippen LogP contribution >= 0.6 is 0 Å². The Bertz CT molecular complexity index is 417. The molecule has 0 aliphatic carbocycles. The fourth-order valence-corrected chi connectivity index (χ4v) is 2.34. The molecule has 0 saturated heterocycles. The van der Waals surface area contributed by atoms with Gasteiger partial charge < -0.3 is 10.5 Å². The number of hydrogen-bond acceptors (Lipinski definition) is 5. The first-order valence-electron chi connectivity index (χ1n) is 4.58. The average molecular weight is 230 g/mol. The molecule has 0 aromatic carbocycles. The number of nitrogens with two attached hydrogens (primary N) is 1. The van der Waals surface area contributed by atoms with Crippen molar-refractivity contribution in [3.8, 4) is 0 Å². The summed E-state index contributed by atoms with van der Waals surface area (Å²) in [6.07, 6.45) is 2.73. The van der Waals surface area contributed by atoms with Crippen LogP contribution in [0.5, 0.6) is 0 Å². The first-order valence-corrected chi connectivity index (χ1v) is 6.23. The van der Waals surface area contributed by atoms with Crippen molar-refractivity contribution in [2.45, 2.75) is 11.8 Å². The molecule has 0 amide bonds. The fourth-order valence-electron chi connectivity index (χ4n) is 1.10. The molecule has 0 atom stereocenters. The molecule has 0 bridgehead atoms. The minimum absolute atomic E-state index is 0.0605. The van der Waals surface area contributed by atoms with Gasteiger partial charge in [0.05, 0.1) is 29.1 Å². The molecule has 0 spiro atoms. The van der Waals surface area contributed by atoms with Gasteiger partial charge in [0.1, 0.15) is 0 Å². The van der Waals surface area contributed by atoms with Crippen LogP contribution in [0.2, 0.25) is 0 Å². The molecule has 6 heteroatoms. The van der Waals surface area contributed by atoms with Crippen molar-refractivity contribution < 1.29 is 13.2 Å². The van der Waals surface area contributed by atoms with Gasteiger partial charge in [-0.05, 0) is 13.0 Å². The largest absolute Gasteiger partial charge is 0.396 e. The molecule has 0 aliphatic heterocycles. The van der Waals surface area contributed by atoms with Gasteiger partial charge in [-0.1, -0.05) is 0 Å². The second kappa shape index (κ2) is 5.09. The van der Waals surface area contributed by atoms with Crippen LogP contribution in [-0.2, 0) is 14.6 Å². The third-order valence-corrected chi connectivity index (χ3v) is 3.59. The van der Waals surface area contributed by atoms with E-state index in [2.05, 4.69) is 4.98 Å². The standard InChI is InChI=1S/C9H14N2O3S/c1-2-14-5-6-15(12,13)9-3-4-11-7-8(9)10/h3-4,7H,2,5-6,10H2,1H3. The van der Waals surface area contributed by atoms with E-state index in [4.69, 9.17) is 10.5 Å². The lowest BCUT2D eigenvalue weighted by Crippen LogP contribution is -2.14. The van der Waals surface area contributed by atoms with Gasteiger partial charge >= 0.3 is 0 Å². The van der Waals surface area contributed by atoms with Gasteiger partial charge in [0.2, 0.25) is 0 Å². The highest BCUT2D eigenvalue weighted by atomic mass is 32.2. The van der Waals surface area contributed by atoms with E-state index in [1.54, 1.807) is 0 Å². The number of pyridine rings is 1. The SMILES string of the molecule is CCOCCS(=O)(=O)c1ccncc1N.